The molecule has 1 unspecified atom stereocenters. The van der Waals surface area contributed by atoms with Crippen LogP contribution in [0.4, 0.5) is 0 Å². The van der Waals surface area contributed by atoms with Crippen LogP contribution < -0.4 is 0 Å². The molecule has 0 aliphatic heterocycles. The molecule has 0 spiro atoms. The summed E-state index contributed by atoms with van der Waals surface area (Å²) in [6.07, 6.45) is 2.63. The smallest absolute Gasteiger partial charge is 0.0589 e. The summed E-state index contributed by atoms with van der Waals surface area (Å²) in [6, 6.07) is 0. The van der Waals surface area contributed by atoms with Crippen molar-refractivity contribution in [3.63, 3.8) is 0 Å². The molecule has 3 nitrogen and oxygen atoms in total. The fourth-order valence-corrected chi connectivity index (χ4v) is 1.63. The van der Waals surface area contributed by atoms with Crippen LogP contribution in [0, 0.1) is 0 Å². The zero-order valence-electron chi connectivity index (χ0n) is 9.32. The highest BCUT2D eigenvalue weighted by atomic mass is 16.3. The predicted octanol–water partition coefficient (Wildman–Crippen LogP) is 1.45. The van der Waals surface area contributed by atoms with Crippen molar-refractivity contribution >= 4 is 0 Å². The first-order valence-electron chi connectivity index (χ1n) is 5.64. The van der Waals surface area contributed by atoms with Crippen molar-refractivity contribution in [2.24, 2.45) is 0 Å². The van der Waals surface area contributed by atoms with Crippen molar-refractivity contribution in [2.45, 2.75) is 70.7 Å². The highest BCUT2D eigenvalue weighted by Crippen LogP contribution is 2.11. The quantitative estimate of drug-likeness (QED) is 0.561. The van der Waals surface area contributed by atoms with Gasteiger partial charge < -0.3 is 15.3 Å². The summed E-state index contributed by atoms with van der Waals surface area (Å²) in [5, 5.41) is 28.4. The Balaban J connectivity index is 3.57. The number of hydrogen-bond donors (Lipinski definition) is 3. The van der Waals surface area contributed by atoms with Gasteiger partial charge in [0.05, 0.1) is 18.3 Å². The molecule has 0 saturated carbocycles. The Labute approximate surface area is 86.8 Å². The van der Waals surface area contributed by atoms with Crippen LogP contribution >= 0.6 is 0 Å². The van der Waals surface area contributed by atoms with Gasteiger partial charge in [-0.25, -0.2) is 0 Å². The van der Waals surface area contributed by atoms with Crippen LogP contribution in [0.3, 0.4) is 0 Å². The zero-order chi connectivity index (χ0) is 11.0. The molecule has 0 aromatic rings. The van der Waals surface area contributed by atoms with E-state index in [4.69, 9.17) is 0 Å². The van der Waals surface area contributed by atoms with E-state index in [2.05, 4.69) is 0 Å². The Morgan fingerprint density at radius 1 is 0.714 bits per heavy atom. The van der Waals surface area contributed by atoms with Crippen LogP contribution in [0.15, 0.2) is 0 Å². The van der Waals surface area contributed by atoms with E-state index >= 15 is 0 Å². The first kappa shape index (κ1) is 13.9. The molecule has 3 N–H and O–H groups in total. The van der Waals surface area contributed by atoms with Crippen molar-refractivity contribution in [3.8, 4) is 0 Å². The van der Waals surface area contributed by atoms with Gasteiger partial charge in [0.1, 0.15) is 0 Å². The molecule has 0 aliphatic rings. The maximum absolute atomic E-state index is 9.52. The molecule has 3 heteroatoms. The van der Waals surface area contributed by atoms with Gasteiger partial charge in [0.2, 0.25) is 0 Å². The van der Waals surface area contributed by atoms with Crippen LogP contribution in [-0.2, 0) is 0 Å². The molecule has 0 radical (unpaired) electrons. The van der Waals surface area contributed by atoms with E-state index in [0.29, 0.717) is 12.8 Å². The van der Waals surface area contributed by atoms with Gasteiger partial charge in [-0.1, -0.05) is 26.7 Å². The Kier molecular flexibility index (Phi) is 8.14. The Hall–Kier alpha value is -0.120. The minimum Gasteiger partial charge on any atom is -0.393 e. The van der Waals surface area contributed by atoms with Gasteiger partial charge in [0.25, 0.3) is 0 Å². The molecule has 0 bridgehead atoms. The minimum absolute atomic E-state index is 0.384. The van der Waals surface area contributed by atoms with Crippen LogP contribution in [-0.4, -0.2) is 33.6 Å². The molecule has 0 aliphatic carbocycles. The fourth-order valence-electron chi connectivity index (χ4n) is 1.63. The molecule has 0 saturated heterocycles. The summed E-state index contributed by atoms with van der Waals surface area (Å²) in [7, 11) is 0. The average molecular weight is 204 g/mol. The molecule has 3 atom stereocenters. The molecule has 0 aromatic heterocycles. The largest absolute Gasteiger partial charge is 0.393 e. The first-order chi connectivity index (χ1) is 6.60. The van der Waals surface area contributed by atoms with Gasteiger partial charge in [-0.2, -0.15) is 0 Å². The zero-order valence-corrected chi connectivity index (χ0v) is 9.32. The van der Waals surface area contributed by atoms with Crippen molar-refractivity contribution in [1.29, 1.82) is 0 Å². The lowest BCUT2D eigenvalue weighted by molar-refractivity contribution is 0.0346. The highest BCUT2D eigenvalue weighted by Gasteiger charge is 2.14. The van der Waals surface area contributed by atoms with E-state index in [-0.39, 0.29) is 0 Å². The van der Waals surface area contributed by atoms with Crippen LogP contribution in [0.2, 0.25) is 0 Å². The van der Waals surface area contributed by atoms with Gasteiger partial charge in [-0.05, 0) is 25.7 Å². The fraction of sp³-hybridized carbons (Fsp3) is 1.00. The third-order valence-corrected chi connectivity index (χ3v) is 2.33. The summed E-state index contributed by atoms with van der Waals surface area (Å²) in [6.45, 7) is 4.00. The Morgan fingerprint density at radius 2 is 1.07 bits per heavy atom. The Morgan fingerprint density at radius 3 is 1.36 bits per heavy atom. The van der Waals surface area contributed by atoms with Gasteiger partial charge in [-0.15, -0.1) is 0 Å². The van der Waals surface area contributed by atoms with E-state index < -0.39 is 18.3 Å². The molecule has 0 amide bonds. The lowest BCUT2D eigenvalue weighted by Gasteiger charge is -2.17. The number of rotatable bonds is 8. The van der Waals surface area contributed by atoms with Crippen molar-refractivity contribution in [1.82, 2.24) is 0 Å². The summed E-state index contributed by atoms with van der Waals surface area (Å²) in [5.74, 6) is 0. The van der Waals surface area contributed by atoms with Crippen molar-refractivity contribution in [2.75, 3.05) is 0 Å². The van der Waals surface area contributed by atoms with E-state index in [0.717, 1.165) is 25.7 Å². The molecule has 0 heterocycles. The van der Waals surface area contributed by atoms with Gasteiger partial charge in [0, 0.05) is 0 Å². The van der Waals surface area contributed by atoms with Crippen molar-refractivity contribution < 1.29 is 15.3 Å². The van der Waals surface area contributed by atoms with Crippen LogP contribution in [0.1, 0.15) is 52.4 Å². The molecular weight excluding hydrogens is 180 g/mol. The standard InChI is InChI=1S/C11H24O3/c1-3-5-9(12)7-11(14)8-10(13)6-4-2/h9-14H,3-8H2,1-2H3/t9-,10+,11?. The van der Waals surface area contributed by atoms with E-state index in [9.17, 15) is 15.3 Å². The second-order valence-electron chi connectivity index (χ2n) is 4.01. The van der Waals surface area contributed by atoms with Gasteiger partial charge in [0.15, 0.2) is 0 Å². The Bertz CT molecular complexity index is 114. The lowest BCUT2D eigenvalue weighted by Crippen LogP contribution is -2.22. The molecule has 86 valence electrons. The number of hydrogen-bond acceptors (Lipinski definition) is 3. The summed E-state index contributed by atoms with van der Waals surface area (Å²) in [5.41, 5.74) is 0. The molecule has 14 heavy (non-hydrogen) atoms. The molecule has 0 aromatic carbocycles. The summed E-state index contributed by atoms with van der Waals surface area (Å²) in [4.78, 5) is 0. The van der Waals surface area contributed by atoms with E-state index in [1.807, 2.05) is 13.8 Å². The van der Waals surface area contributed by atoms with Gasteiger partial charge >= 0.3 is 0 Å². The SMILES string of the molecule is CCC[C@@H](O)CC(O)C[C@@H](O)CCC. The average Bonchev–Trinajstić information content (AvgIpc) is 2.03. The first-order valence-corrected chi connectivity index (χ1v) is 5.64. The van der Waals surface area contributed by atoms with Crippen molar-refractivity contribution in [3.05, 3.63) is 0 Å². The maximum Gasteiger partial charge on any atom is 0.0589 e. The normalized spacial score (nSPS) is 17.8. The topological polar surface area (TPSA) is 60.7 Å². The van der Waals surface area contributed by atoms with Crippen LogP contribution in [0.25, 0.3) is 0 Å². The number of aliphatic hydroxyl groups excluding tert-OH is 3. The second-order valence-corrected chi connectivity index (χ2v) is 4.01. The minimum atomic E-state index is -0.571. The maximum atomic E-state index is 9.52. The molecule has 0 rings (SSSR count). The highest BCUT2D eigenvalue weighted by molar-refractivity contribution is 4.67. The monoisotopic (exact) mass is 204 g/mol. The number of aliphatic hydroxyl groups is 3. The molecule has 0 fully saturated rings. The molecular formula is C11H24O3. The van der Waals surface area contributed by atoms with E-state index in [1.54, 1.807) is 0 Å². The lowest BCUT2D eigenvalue weighted by atomic mass is 10.0. The van der Waals surface area contributed by atoms with Crippen LogP contribution in [0.5, 0.6) is 0 Å². The third-order valence-electron chi connectivity index (χ3n) is 2.33. The van der Waals surface area contributed by atoms with Gasteiger partial charge in [-0.3, -0.25) is 0 Å². The summed E-state index contributed by atoms with van der Waals surface area (Å²) < 4.78 is 0. The third kappa shape index (κ3) is 7.30. The van der Waals surface area contributed by atoms with E-state index in [1.165, 1.54) is 0 Å². The summed E-state index contributed by atoms with van der Waals surface area (Å²) >= 11 is 0. The second kappa shape index (κ2) is 8.21. The predicted molar refractivity (Wildman–Crippen MR) is 57.1 cm³/mol.